The number of fused-ring (bicyclic) bond motifs is 2. The van der Waals surface area contributed by atoms with Crippen LogP contribution in [0.4, 0.5) is 5.69 Å². The van der Waals surface area contributed by atoms with Gasteiger partial charge in [-0.25, -0.2) is 8.42 Å². The second-order valence-corrected chi connectivity index (χ2v) is 8.26. The average molecular weight is 297 g/mol. The second kappa shape index (κ2) is 3.86. The maximum atomic E-state index is 12.0. The van der Waals surface area contributed by atoms with Crippen LogP contribution in [0.1, 0.15) is 13.8 Å². The fourth-order valence-corrected chi connectivity index (χ4v) is 4.16. The molecule has 0 N–H and O–H groups in total. The first-order valence-electron chi connectivity index (χ1n) is 5.94. The second-order valence-electron chi connectivity index (χ2n) is 5.41. The third-order valence-corrected chi connectivity index (χ3v) is 5.12. The number of anilines is 1. The van der Waals surface area contributed by atoms with Gasteiger partial charge in [-0.2, -0.15) is 0 Å². The van der Waals surface area contributed by atoms with Crippen molar-refractivity contribution >= 4 is 37.1 Å². The van der Waals surface area contributed by atoms with Crippen LogP contribution in [0, 0.1) is 0 Å². The molecule has 19 heavy (non-hydrogen) atoms. The highest BCUT2D eigenvalue weighted by atomic mass is 32.2. The fourth-order valence-electron chi connectivity index (χ4n) is 2.31. The van der Waals surface area contributed by atoms with Gasteiger partial charge in [-0.1, -0.05) is 0 Å². The van der Waals surface area contributed by atoms with Crippen molar-refractivity contribution in [3.63, 3.8) is 0 Å². The number of rotatable bonds is 1. The largest absolute Gasteiger partial charge is 0.484 e. The van der Waals surface area contributed by atoms with Crippen LogP contribution in [0.15, 0.2) is 23.6 Å². The van der Waals surface area contributed by atoms with Crippen LogP contribution in [-0.2, 0) is 10.0 Å². The Morgan fingerprint density at radius 1 is 1.37 bits per heavy atom. The minimum Gasteiger partial charge on any atom is -0.484 e. The summed E-state index contributed by atoms with van der Waals surface area (Å²) < 4.78 is 32.4. The van der Waals surface area contributed by atoms with Crippen LogP contribution in [0.2, 0.25) is 0 Å². The molecule has 0 bridgehead atoms. The lowest BCUT2D eigenvalue weighted by Gasteiger charge is -2.39. The van der Waals surface area contributed by atoms with Crippen molar-refractivity contribution in [2.24, 2.45) is 0 Å². The summed E-state index contributed by atoms with van der Waals surface area (Å²) in [5.74, 6) is 0.636. The molecule has 0 spiro atoms. The first kappa shape index (κ1) is 12.7. The first-order valence-corrected chi connectivity index (χ1v) is 8.67. The van der Waals surface area contributed by atoms with Gasteiger partial charge in [0.15, 0.2) is 0 Å². The molecule has 1 aromatic carbocycles. The zero-order valence-electron chi connectivity index (χ0n) is 11.0. The highest BCUT2D eigenvalue weighted by molar-refractivity contribution is 7.92. The Bertz CT molecular complexity index is 746. The smallest absolute Gasteiger partial charge is 0.232 e. The SMILES string of the molecule is CC1(C)CN(S(C)(=O)=O)c2cc3ccsc3cc2O1. The van der Waals surface area contributed by atoms with E-state index in [-0.39, 0.29) is 0 Å². The number of benzene rings is 1. The Kier molecular flexibility index (Phi) is 2.59. The molecule has 0 saturated carbocycles. The lowest BCUT2D eigenvalue weighted by molar-refractivity contribution is 0.111. The molecule has 1 aromatic heterocycles. The van der Waals surface area contributed by atoms with Crippen LogP contribution in [0.5, 0.6) is 5.75 Å². The van der Waals surface area contributed by atoms with Gasteiger partial charge < -0.3 is 4.74 Å². The summed E-state index contributed by atoms with van der Waals surface area (Å²) in [5.41, 5.74) is 0.105. The standard InChI is InChI=1S/C13H15NO3S2/c1-13(2)8-14(19(3,15)16)10-6-9-4-5-18-12(9)7-11(10)17-13/h4-7H,8H2,1-3H3. The summed E-state index contributed by atoms with van der Waals surface area (Å²) in [5, 5.41) is 3.03. The molecule has 0 aliphatic carbocycles. The summed E-state index contributed by atoms with van der Waals surface area (Å²) >= 11 is 1.62. The molecule has 2 heterocycles. The Hall–Kier alpha value is -1.27. The average Bonchev–Trinajstić information content (AvgIpc) is 2.69. The first-order chi connectivity index (χ1) is 8.76. The van der Waals surface area contributed by atoms with Crippen molar-refractivity contribution in [2.45, 2.75) is 19.4 Å². The van der Waals surface area contributed by atoms with Gasteiger partial charge >= 0.3 is 0 Å². The molecule has 102 valence electrons. The molecule has 1 aliphatic rings. The predicted octanol–water partition coefficient (Wildman–Crippen LogP) is 2.84. The van der Waals surface area contributed by atoms with Gasteiger partial charge in [0.1, 0.15) is 11.4 Å². The van der Waals surface area contributed by atoms with Crippen LogP contribution in [0.25, 0.3) is 10.1 Å². The topological polar surface area (TPSA) is 46.6 Å². The van der Waals surface area contributed by atoms with E-state index in [1.54, 1.807) is 11.3 Å². The summed E-state index contributed by atoms with van der Waals surface area (Å²) in [6, 6.07) is 5.80. The van der Waals surface area contributed by atoms with Crippen molar-refractivity contribution < 1.29 is 13.2 Å². The van der Waals surface area contributed by atoms with Gasteiger partial charge in [0.05, 0.1) is 18.5 Å². The van der Waals surface area contributed by atoms with Crippen LogP contribution < -0.4 is 9.04 Å². The van der Waals surface area contributed by atoms with E-state index >= 15 is 0 Å². The molecule has 2 aromatic rings. The minimum absolute atomic E-state index is 0.328. The molecule has 6 heteroatoms. The predicted molar refractivity (Wildman–Crippen MR) is 78.7 cm³/mol. The van der Waals surface area contributed by atoms with E-state index in [4.69, 9.17) is 4.74 Å². The molecular formula is C13H15NO3S2. The summed E-state index contributed by atoms with van der Waals surface area (Å²) in [7, 11) is -3.31. The summed E-state index contributed by atoms with van der Waals surface area (Å²) in [6.45, 7) is 4.12. The molecule has 0 radical (unpaired) electrons. The zero-order valence-corrected chi connectivity index (χ0v) is 12.6. The number of sulfonamides is 1. The van der Waals surface area contributed by atoms with Crippen molar-refractivity contribution in [1.82, 2.24) is 0 Å². The van der Waals surface area contributed by atoms with E-state index in [2.05, 4.69) is 0 Å². The van der Waals surface area contributed by atoms with E-state index in [1.807, 2.05) is 37.4 Å². The van der Waals surface area contributed by atoms with Crippen LogP contribution in [0.3, 0.4) is 0 Å². The van der Waals surface area contributed by atoms with Gasteiger partial charge in [0.2, 0.25) is 10.0 Å². The Morgan fingerprint density at radius 3 is 2.79 bits per heavy atom. The Labute approximate surface area is 116 Å². The quantitative estimate of drug-likeness (QED) is 0.813. The monoisotopic (exact) mass is 297 g/mol. The summed E-state index contributed by atoms with van der Waals surface area (Å²) in [6.07, 6.45) is 1.23. The molecule has 0 atom stereocenters. The van der Waals surface area contributed by atoms with E-state index < -0.39 is 15.6 Å². The third kappa shape index (κ3) is 2.19. The van der Waals surface area contributed by atoms with E-state index in [9.17, 15) is 8.42 Å². The van der Waals surface area contributed by atoms with Crippen LogP contribution >= 0.6 is 11.3 Å². The molecule has 0 saturated heterocycles. The van der Waals surface area contributed by atoms with Gasteiger partial charge in [0, 0.05) is 10.8 Å². The van der Waals surface area contributed by atoms with E-state index in [0.29, 0.717) is 18.0 Å². The van der Waals surface area contributed by atoms with Gasteiger partial charge in [-0.3, -0.25) is 4.31 Å². The zero-order chi connectivity index (χ0) is 13.8. The Balaban J connectivity index is 2.26. The lowest BCUT2D eigenvalue weighted by Crippen LogP contribution is -2.48. The molecule has 0 fully saturated rings. The molecule has 0 amide bonds. The number of hydrogen-bond donors (Lipinski definition) is 0. The van der Waals surface area contributed by atoms with E-state index in [1.165, 1.54) is 10.6 Å². The molecular weight excluding hydrogens is 282 g/mol. The third-order valence-electron chi connectivity index (χ3n) is 3.11. The van der Waals surface area contributed by atoms with Crippen molar-refractivity contribution in [3.05, 3.63) is 23.6 Å². The van der Waals surface area contributed by atoms with Gasteiger partial charge in [-0.05, 0) is 36.7 Å². The summed E-state index contributed by atoms with van der Waals surface area (Å²) in [4.78, 5) is 0. The number of hydrogen-bond acceptors (Lipinski definition) is 4. The lowest BCUT2D eigenvalue weighted by atomic mass is 10.1. The molecule has 4 nitrogen and oxygen atoms in total. The highest BCUT2D eigenvalue weighted by Crippen LogP contribution is 2.42. The van der Waals surface area contributed by atoms with Gasteiger partial charge in [-0.15, -0.1) is 11.3 Å². The number of ether oxygens (including phenoxy) is 1. The maximum Gasteiger partial charge on any atom is 0.232 e. The van der Waals surface area contributed by atoms with Crippen molar-refractivity contribution in [3.8, 4) is 5.75 Å². The van der Waals surface area contributed by atoms with Crippen molar-refractivity contribution in [2.75, 3.05) is 17.1 Å². The molecule has 3 rings (SSSR count). The van der Waals surface area contributed by atoms with Crippen LogP contribution in [-0.4, -0.2) is 26.8 Å². The maximum absolute atomic E-state index is 12.0. The van der Waals surface area contributed by atoms with E-state index in [0.717, 1.165) is 10.1 Å². The number of nitrogens with zero attached hydrogens (tertiary/aromatic N) is 1. The van der Waals surface area contributed by atoms with Gasteiger partial charge in [0.25, 0.3) is 0 Å². The number of thiophene rings is 1. The Morgan fingerprint density at radius 2 is 2.11 bits per heavy atom. The molecule has 1 aliphatic heterocycles. The molecule has 0 unspecified atom stereocenters. The highest BCUT2D eigenvalue weighted by Gasteiger charge is 2.36. The fraction of sp³-hybridized carbons (Fsp3) is 0.385. The van der Waals surface area contributed by atoms with Crippen molar-refractivity contribution in [1.29, 1.82) is 0 Å². The minimum atomic E-state index is -3.31. The normalized spacial score (nSPS) is 18.2.